The second-order valence-electron chi connectivity index (χ2n) is 10.7. The van der Waals surface area contributed by atoms with Crippen LogP contribution in [0, 0.1) is 0 Å². The monoisotopic (exact) mass is 655 g/mol. The fourth-order valence-corrected chi connectivity index (χ4v) is 5.87. The first-order valence-corrected chi connectivity index (χ1v) is 16.3. The van der Waals surface area contributed by atoms with Gasteiger partial charge in [0, 0.05) is 56.5 Å². The molecule has 0 bridgehead atoms. The zero-order valence-corrected chi connectivity index (χ0v) is 27.4. The third kappa shape index (κ3) is 6.96. The van der Waals surface area contributed by atoms with E-state index < -0.39 is 12.1 Å². The van der Waals surface area contributed by atoms with Crippen molar-refractivity contribution in [2.45, 2.75) is 24.2 Å². The summed E-state index contributed by atoms with van der Waals surface area (Å²) >= 11 is 13.9. The number of hydrogen-bond acceptors (Lipinski definition) is 8. The van der Waals surface area contributed by atoms with Crippen LogP contribution < -0.4 is 4.74 Å². The Kier molecular flexibility index (Phi) is 10.3. The first-order chi connectivity index (χ1) is 21.2. The summed E-state index contributed by atoms with van der Waals surface area (Å²) in [5, 5.41) is 1.76. The summed E-state index contributed by atoms with van der Waals surface area (Å²) in [4.78, 5) is 48.5. The highest BCUT2D eigenvalue weighted by Gasteiger charge is 2.45. The van der Waals surface area contributed by atoms with Crippen molar-refractivity contribution in [2.75, 3.05) is 59.7 Å². The highest BCUT2D eigenvalue weighted by molar-refractivity contribution is 7.98. The number of aliphatic imine (C=N–C) groups is 1. The Morgan fingerprint density at radius 3 is 2.16 bits per heavy atom. The van der Waals surface area contributed by atoms with Crippen LogP contribution in [0.2, 0.25) is 10.0 Å². The van der Waals surface area contributed by atoms with E-state index in [9.17, 15) is 9.59 Å². The van der Waals surface area contributed by atoms with E-state index in [-0.39, 0.29) is 11.9 Å². The molecule has 0 N–H and O–H groups in total. The van der Waals surface area contributed by atoms with Crippen molar-refractivity contribution in [1.82, 2.24) is 29.6 Å². The van der Waals surface area contributed by atoms with E-state index >= 15 is 0 Å². The highest BCUT2D eigenvalue weighted by atomic mass is 35.5. The van der Waals surface area contributed by atoms with Crippen molar-refractivity contribution < 1.29 is 14.3 Å². The summed E-state index contributed by atoms with van der Waals surface area (Å²) in [5.41, 5.74) is 2.30. The van der Waals surface area contributed by atoms with Crippen molar-refractivity contribution in [1.29, 1.82) is 0 Å². The van der Waals surface area contributed by atoms with Crippen LogP contribution in [-0.4, -0.2) is 107 Å². The van der Waals surface area contributed by atoms with E-state index in [4.69, 9.17) is 32.9 Å². The molecule has 3 heterocycles. The molecule has 1 fully saturated rings. The number of thioether (sulfide) groups is 1. The zero-order chi connectivity index (χ0) is 31.4. The maximum absolute atomic E-state index is 14.6. The number of benzene rings is 2. The first-order valence-electron chi connectivity index (χ1n) is 14.3. The van der Waals surface area contributed by atoms with Gasteiger partial charge in [-0.2, -0.15) is 4.98 Å². The van der Waals surface area contributed by atoms with Gasteiger partial charge in [-0.25, -0.2) is 9.78 Å². The maximum Gasteiger partial charge on any atom is 0.326 e. The number of amidine groups is 1. The lowest BCUT2D eigenvalue weighted by Gasteiger charge is -2.39. The number of likely N-dealkylation sites (N-methyl/N-ethyl adjacent to an activating group) is 1. The molecule has 3 amide bonds. The molecule has 10 nitrogen and oxygen atoms in total. The van der Waals surface area contributed by atoms with Gasteiger partial charge in [-0.3, -0.25) is 19.6 Å². The van der Waals surface area contributed by atoms with E-state index in [1.807, 2.05) is 66.6 Å². The van der Waals surface area contributed by atoms with Crippen LogP contribution in [0.3, 0.4) is 0 Å². The van der Waals surface area contributed by atoms with Crippen molar-refractivity contribution in [3.8, 4) is 5.88 Å². The second kappa shape index (κ2) is 14.2. The Labute approximate surface area is 272 Å². The van der Waals surface area contributed by atoms with E-state index in [1.165, 1.54) is 11.8 Å². The van der Waals surface area contributed by atoms with Gasteiger partial charge in [0.05, 0.1) is 24.8 Å². The summed E-state index contributed by atoms with van der Waals surface area (Å²) in [6.45, 7) is 4.66. The number of piperazine rings is 1. The fourth-order valence-electron chi connectivity index (χ4n) is 5.29. The van der Waals surface area contributed by atoms with Crippen LogP contribution >= 0.6 is 35.0 Å². The molecule has 0 aliphatic carbocycles. The van der Waals surface area contributed by atoms with Crippen molar-refractivity contribution >= 4 is 52.7 Å². The average Bonchev–Trinajstić information content (AvgIpc) is 3.42. The molecule has 0 spiro atoms. The summed E-state index contributed by atoms with van der Waals surface area (Å²) in [6.07, 6.45) is 3.57. The molecule has 0 radical (unpaired) electrons. The number of amides is 3. The van der Waals surface area contributed by atoms with Gasteiger partial charge in [0.1, 0.15) is 11.9 Å². The summed E-state index contributed by atoms with van der Waals surface area (Å²) in [7, 11) is 3.49. The first kappa shape index (κ1) is 32.0. The predicted octanol–water partition coefficient (Wildman–Crippen LogP) is 5.27. The number of rotatable bonds is 8. The molecule has 2 unspecified atom stereocenters. The standard InChI is InChI=1S/C31H35Cl2N7O3S/c1-5-43-29-24(18-34-30(36-29)44-4)28-35-26(20-6-10-22(32)11-7-20)27(21-8-12-23(33)13-9-21)40(28)31(42)39-16-14-38(15-17-39)19-25(41)37(2)3/h6-13,18,26-27H,5,14-17,19H2,1-4H3. The number of carbonyl (C=O) groups is 2. The molecule has 2 aromatic carbocycles. The quantitative estimate of drug-likeness (QED) is 0.241. The van der Waals surface area contributed by atoms with Gasteiger partial charge in [0.25, 0.3) is 0 Å². The molecular formula is C31H35Cl2N7O3S. The Hall–Kier alpha value is -3.38. The zero-order valence-electron chi connectivity index (χ0n) is 25.1. The van der Waals surface area contributed by atoms with Gasteiger partial charge >= 0.3 is 6.03 Å². The molecule has 3 aromatic rings. The van der Waals surface area contributed by atoms with Crippen LogP contribution in [-0.2, 0) is 4.79 Å². The molecule has 232 valence electrons. The van der Waals surface area contributed by atoms with Crippen LogP contribution in [0.15, 0.2) is 64.9 Å². The van der Waals surface area contributed by atoms with Gasteiger partial charge in [-0.05, 0) is 48.6 Å². The number of aromatic nitrogens is 2. The Morgan fingerprint density at radius 2 is 1.59 bits per heavy atom. The summed E-state index contributed by atoms with van der Waals surface area (Å²) in [6, 6.07) is 13.8. The number of ether oxygens (including phenoxy) is 1. The number of hydrogen-bond donors (Lipinski definition) is 0. The number of urea groups is 1. The average molecular weight is 657 g/mol. The molecule has 1 saturated heterocycles. The van der Waals surface area contributed by atoms with Crippen molar-refractivity contribution in [3.05, 3.63) is 81.5 Å². The third-order valence-corrected chi connectivity index (χ3v) is 8.70. The molecular weight excluding hydrogens is 621 g/mol. The molecule has 0 saturated carbocycles. The highest BCUT2D eigenvalue weighted by Crippen LogP contribution is 2.45. The molecule has 13 heteroatoms. The largest absolute Gasteiger partial charge is 0.477 e. The number of halogens is 2. The second-order valence-corrected chi connectivity index (χ2v) is 12.3. The number of carbonyl (C=O) groups excluding carboxylic acids is 2. The van der Waals surface area contributed by atoms with Crippen LogP contribution in [0.1, 0.15) is 35.7 Å². The normalized spacial score (nSPS) is 18.7. The Balaban J connectivity index is 1.58. The molecule has 1 aromatic heterocycles. The fraction of sp³-hybridized carbons (Fsp3) is 0.387. The van der Waals surface area contributed by atoms with E-state index in [1.54, 1.807) is 30.1 Å². The van der Waals surface area contributed by atoms with Crippen LogP contribution in [0.25, 0.3) is 0 Å². The third-order valence-electron chi connectivity index (χ3n) is 7.63. The summed E-state index contributed by atoms with van der Waals surface area (Å²) < 4.78 is 5.97. The number of nitrogens with zero attached hydrogens (tertiary/aromatic N) is 7. The Bertz CT molecular complexity index is 1510. The van der Waals surface area contributed by atoms with Gasteiger partial charge in [-0.1, -0.05) is 59.2 Å². The SMILES string of the molecule is CCOc1nc(SC)ncc1C1=NC(c2ccc(Cl)cc2)C(c2ccc(Cl)cc2)N1C(=O)N1CCN(CC(=O)N(C)C)CC1. The van der Waals surface area contributed by atoms with Gasteiger partial charge in [0.2, 0.25) is 11.8 Å². The molecule has 2 aliphatic rings. The molecule has 44 heavy (non-hydrogen) atoms. The minimum atomic E-state index is -0.501. The molecule has 2 atom stereocenters. The Morgan fingerprint density at radius 1 is 0.977 bits per heavy atom. The van der Waals surface area contributed by atoms with E-state index in [2.05, 4.69) is 14.9 Å². The molecule has 2 aliphatic heterocycles. The van der Waals surface area contributed by atoms with Crippen molar-refractivity contribution in [3.63, 3.8) is 0 Å². The topological polar surface area (TPSA) is 94.5 Å². The van der Waals surface area contributed by atoms with Crippen LogP contribution in [0.5, 0.6) is 5.88 Å². The maximum atomic E-state index is 14.6. The van der Waals surface area contributed by atoms with E-state index in [0.717, 1.165) is 11.1 Å². The van der Waals surface area contributed by atoms with Crippen LogP contribution in [0.4, 0.5) is 4.79 Å². The summed E-state index contributed by atoms with van der Waals surface area (Å²) in [5.74, 6) is 0.822. The van der Waals surface area contributed by atoms with E-state index in [0.29, 0.717) is 71.8 Å². The smallest absolute Gasteiger partial charge is 0.326 e. The predicted molar refractivity (Wildman–Crippen MR) is 174 cm³/mol. The minimum Gasteiger partial charge on any atom is -0.477 e. The van der Waals surface area contributed by atoms with Gasteiger partial charge < -0.3 is 14.5 Å². The van der Waals surface area contributed by atoms with Gasteiger partial charge in [0.15, 0.2) is 5.16 Å². The lowest BCUT2D eigenvalue weighted by Crippen LogP contribution is -2.55. The van der Waals surface area contributed by atoms with Crippen molar-refractivity contribution in [2.24, 2.45) is 4.99 Å². The minimum absolute atomic E-state index is 0.0319. The lowest BCUT2D eigenvalue weighted by atomic mass is 9.94. The molecule has 5 rings (SSSR count). The lowest BCUT2D eigenvalue weighted by molar-refractivity contribution is -0.130. The van der Waals surface area contributed by atoms with Gasteiger partial charge in [-0.15, -0.1) is 0 Å².